The molecule has 22 heavy (non-hydrogen) atoms. The lowest BCUT2D eigenvalue weighted by Crippen LogP contribution is -2.43. The number of ether oxygens (including phenoxy) is 1. The van der Waals surface area contributed by atoms with Gasteiger partial charge in [-0.25, -0.2) is 0 Å². The van der Waals surface area contributed by atoms with E-state index >= 15 is 0 Å². The van der Waals surface area contributed by atoms with E-state index in [0.29, 0.717) is 12.5 Å². The van der Waals surface area contributed by atoms with Gasteiger partial charge < -0.3 is 15.0 Å². The summed E-state index contributed by atoms with van der Waals surface area (Å²) >= 11 is 0. The number of benzene rings is 1. The van der Waals surface area contributed by atoms with E-state index in [-0.39, 0.29) is 5.91 Å². The second-order valence-electron chi connectivity index (χ2n) is 6.41. The summed E-state index contributed by atoms with van der Waals surface area (Å²) in [4.78, 5) is 14.5. The Labute approximate surface area is 132 Å². The number of nitrogens with one attached hydrogen (secondary N) is 1. The van der Waals surface area contributed by atoms with Crippen molar-refractivity contribution in [3.63, 3.8) is 0 Å². The van der Waals surface area contributed by atoms with Gasteiger partial charge in [0.05, 0.1) is 13.5 Å². The zero-order valence-corrected chi connectivity index (χ0v) is 13.4. The minimum absolute atomic E-state index is 0.224. The van der Waals surface area contributed by atoms with Crippen LogP contribution in [0.4, 0.5) is 0 Å². The molecule has 1 unspecified atom stereocenters. The summed E-state index contributed by atoms with van der Waals surface area (Å²) in [5.74, 6) is 1.78. The van der Waals surface area contributed by atoms with Crippen molar-refractivity contribution in [2.24, 2.45) is 5.92 Å². The third-order valence-corrected chi connectivity index (χ3v) is 5.09. The fourth-order valence-corrected chi connectivity index (χ4v) is 3.79. The lowest BCUT2D eigenvalue weighted by Gasteiger charge is -2.35. The van der Waals surface area contributed by atoms with Gasteiger partial charge in [-0.15, -0.1) is 0 Å². The van der Waals surface area contributed by atoms with E-state index in [1.165, 1.54) is 12.8 Å². The van der Waals surface area contributed by atoms with E-state index in [2.05, 4.69) is 5.32 Å². The molecule has 0 radical (unpaired) electrons. The number of hydrogen-bond acceptors (Lipinski definition) is 3. The molecule has 0 bridgehead atoms. The Bertz CT molecular complexity index is 504. The third-order valence-electron chi connectivity index (χ3n) is 5.09. The average Bonchev–Trinajstić information content (AvgIpc) is 3.10. The summed E-state index contributed by atoms with van der Waals surface area (Å²) in [6.45, 7) is 2.96. The van der Waals surface area contributed by atoms with Crippen molar-refractivity contribution < 1.29 is 9.53 Å². The maximum Gasteiger partial charge on any atom is 0.227 e. The van der Waals surface area contributed by atoms with Gasteiger partial charge in [-0.2, -0.15) is 0 Å². The number of likely N-dealkylation sites (tertiary alicyclic amines) is 1. The predicted molar refractivity (Wildman–Crippen MR) is 87.0 cm³/mol. The Morgan fingerprint density at radius 2 is 2.05 bits per heavy atom. The molecule has 0 aromatic heterocycles. The lowest BCUT2D eigenvalue weighted by molar-refractivity contribution is -0.132. The zero-order chi connectivity index (χ0) is 15.4. The fraction of sp³-hybridized carbons (Fsp3) is 0.611. The number of para-hydroxylation sites is 1. The first-order chi connectivity index (χ1) is 10.8. The van der Waals surface area contributed by atoms with E-state index in [0.717, 1.165) is 49.7 Å². The van der Waals surface area contributed by atoms with E-state index < -0.39 is 0 Å². The molecule has 2 heterocycles. The quantitative estimate of drug-likeness (QED) is 0.927. The molecule has 0 saturated carbocycles. The maximum atomic E-state index is 12.5. The van der Waals surface area contributed by atoms with Gasteiger partial charge in [-0.3, -0.25) is 4.79 Å². The smallest absolute Gasteiger partial charge is 0.227 e. The van der Waals surface area contributed by atoms with Gasteiger partial charge in [-0.05, 0) is 44.2 Å². The van der Waals surface area contributed by atoms with Gasteiger partial charge in [0.15, 0.2) is 0 Å². The van der Waals surface area contributed by atoms with Crippen molar-refractivity contribution in [2.45, 2.75) is 38.1 Å². The minimum atomic E-state index is 0.224. The predicted octanol–water partition coefficient (Wildman–Crippen LogP) is 2.23. The summed E-state index contributed by atoms with van der Waals surface area (Å²) in [5, 5.41) is 3.61. The SMILES string of the molecule is COc1ccccc1CC(=O)N1CCC(C2CCCN2)CC1. The summed E-state index contributed by atoms with van der Waals surface area (Å²) in [5.41, 5.74) is 0.981. The summed E-state index contributed by atoms with van der Waals surface area (Å²) in [6, 6.07) is 8.48. The molecule has 2 aliphatic rings. The Morgan fingerprint density at radius 1 is 1.27 bits per heavy atom. The van der Waals surface area contributed by atoms with Crippen molar-refractivity contribution in [3.05, 3.63) is 29.8 Å². The molecule has 1 aromatic carbocycles. The molecular weight excluding hydrogens is 276 g/mol. The highest BCUT2D eigenvalue weighted by molar-refractivity contribution is 5.79. The minimum Gasteiger partial charge on any atom is -0.496 e. The second kappa shape index (κ2) is 7.14. The molecule has 0 aliphatic carbocycles. The number of rotatable bonds is 4. The van der Waals surface area contributed by atoms with Crippen molar-refractivity contribution >= 4 is 5.91 Å². The van der Waals surface area contributed by atoms with Crippen molar-refractivity contribution in [3.8, 4) is 5.75 Å². The number of piperidine rings is 1. The molecule has 1 atom stereocenters. The number of carbonyl (C=O) groups is 1. The maximum absolute atomic E-state index is 12.5. The Hall–Kier alpha value is -1.55. The molecule has 3 rings (SSSR count). The normalized spacial score (nSPS) is 22.8. The van der Waals surface area contributed by atoms with Crippen LogP contribution in [0.25, 0.3) is 0 Å². The molecule has 1 N–H and O–H groups in total. The van der Waals surface area contributed by atoms with Crippen LogP contribution in [0.3, 0.4) is 0 Å². The van der Waals surface area contributed by atoms with Crippen LogP contribution in [0, 0.1) is 5.92 Å². The Morgan fingerprint density at radius 3 is 2.73 bits per heavy atom. The topological polar surface area (TPSA) is 41.6 Å². The largest absolute Gasteiger partial charge is 0.496 e. The summed E-state index contributed by atoms with van der Waals surface area (Å²) in [7, 11) is 1.66. The van der Waals surface area contributed by atoms with Crippen LogP contribution in [-0.2, 0) is 11.2 Å². The molecule has 4 heteroatoms. The first-order valence-corrected chi connectivity index (χ1v) is 8.41. The highest BCUT2D eigenvalue weighted by Gasteiger charge is 2.29. The summed E-state index contributed by atoms with van der Waals surface area (Å²) in [6.07, 6.45) is 5.32. The number of nitrogens with zero attached hydrogens (tertiary/aromatic N) is 1. The van der Waals surface area contributed by atoms with Crippen molar-refractivity contribution in [1.29, 1.82) is 0 Å². The number of methoxy groups -OCH3 is 1. The number of amides is 1. The third kappa shape index (κ3) is 3.43. The first-order valence-electron chi connectivity index (χ1n) is 8.41. The van der Waals surface area contributed by atoms with Gasteiger partial charge >= 0.3 is 0 Å². The fourth-order valence-electron chi connectivity index (χ4n) is 3.79. The summed E-state index contributed by atoms with van der Waals surface area (Å²) < 4.78 is 5.34. The first kappa shape index (κ1) is 15.3. The average molecular weight is 302 g/mol. The molecule has 1 amide bonds. The number of carbonyl (C=O) groups excluding carboxylic acids is 1. The van der Waals surface area contributed by atoms with Crippen LogP contribution < -0.4 is 10.1 Å². The van der Waals surface area contributed by atoms with Crippen LogP contribution in [0.1, 0.15) is 31.2 Å². The van der Waals surface area contributed by atoms with Crippen LogP contribution in [0.5, 0.6) is 5.75 Å². The lowest BCUT2D eigenvalue weighted by atomic mass is 9.88. The van der Waals surface area contributed by atoms with Gasteiger partial charge in [0.2, 0.25) is 5.91 Å². The van der Waals surface area contributed by atoms with E-state index in [1.54, 1.807) is 7.11 Å². The van der Waals surface area contributed by atoms with E-state index in [4.69, 9.17) is 4.74 Å². The highest BCUT2D eigenvalue weighted by atomic mass is 16.5. The van der Waals surface area contributed by atoms with Crippen LogP contribution in [0.2, 0.25) is 0 Å². The molecule has 2 fully saturated rings. The van der Waals surface area contributed by atoms with Crippen LogP contribution >= 0.6 is 0 Å². The van der Waals surface area contributed by atoms with Gasteiger partial charge in [0.25, 0.3) is 0 Å². The second-order valence-corrected chi connectivity index (χ2v) is 6.41. The Balaban J connectivity index is 1.53. The Kier molecular flexibility index (Phi) is 4.98. The molecular formula is C18H26N2O2. The van der Waals surface area contributed by atoms with E-state index in [9.17, 15) is 4.79 Å². The van der Waals surface area contributed by atoms with Gasteiger partial charge in [0, 0.05) is 24.7 Å². The molecule has 4 nitrogen and oxygen atoms in total. The standard InChI is InChI=1S/C18H26N2O2/c1-22-17-7-3-2-5-15(17)13-18(21)20-11-8-14(9-12-20)16-6-4-10-19-16/h2-3,5,7,14,16,19H,4,6,8-13H2,1H3. The van der Waals surface area contributed by atoms with Crippen molar-refractivity contribution in [1.82, 2.24) is 10.2 Å². The molecule has 2 saturated heterocycles. The monoisotopic (exact) mass is 302 g/mol. The molecule has 1 aromatic rings. The highest BCUT2D eigenvalue weighted by Crippen LogP contribution is 2.26. The number of hydrogen-bond donors (Lipinski definition) is 1. The molecule has 120 valence electrons. The van der Waals surface area contributed by atoms with Gasteiger partial charge in [-0.1, -0.05) is 18.2 Å². The molecule has 0 spiro atoms. The van der Waals surface area contributed by atoms with Crippen molar-refractivity contribution in [2.75, 3.05) is 26.7 Å². The van der Waals surface area contributed by atoms with E-state index in [1.807, 2.05) is 29.2 Å². The van der Waals surface area contributed by atoms with Crippen LogP contribution in [0.15, 0.2) is 24.3 Å². The van der Waals surface area contributed by atoms with Crippen LogP contribution in [-0.4, -0.2) is 43.6 Å². The molecule has 2 aliphatic heterocycles. The zero-order valence-electron chi connectivity index (χ0n) is 13.4. The van der Waals surface area contributed by atoms with Gasteiger partial charge in [0.1, 0.15) is 5.75 Å².